The summed E-state index contributed by atoms with van der Waals surface area (Å²) in [4.78, 5) is -0.489. The average molecular weight is 223 g/mol. The molecule has 0 amide bonds. The molecule has 72 valence electrons. The van der Waals surface area contributed by atoms with Gasteiger partial charge in [-0.05, 0) is 18.6 Å². The largest absolute Gasteiger partial charge is 0.508 e. The monoisotopic (exact) mass is 222 g/mol. The van der Waals surface area contributed by atoms with Gasteiger partial charge in [0, 0.05) is 6.07 Å². The minimum Gasteiger partial charge on any atom is -0.508 e. The highest BCUT2D eigenvalue weighted by atomic mass is 35.5. The van der Waals surface area contributed by atoms with Crippen molar-refractivity contribution in [2.75, 3.05) is 0 Å². The first-order valence-electron chi connectivity index (χ1n) is 3.29. The Morgan fingerprint density at radius 2 is 1.92 bits per heavy atom. The van der Waals surface area contributed by atoms with Crippen LogP contribution < -0.4 is 0 Å². The van der Waals surface area contributed by atoms with Crippen LogP contribution in [-0.4, -0.2) is 18.1 Å². The van der Waals surface area contributed by atoms with Crippen molar-refractivity contribution in [3.63, 3.8) is 0 Å². The summed E-state index contributed by atoms with van der Waals surface area (Å²) >= 11 is 5.54. The topological polar surface area (TPSA) is 74.6 Å². The zero-order chi connectivity index (χ0) is 10.2. The molecule has 0 heterocycles. The quantitative estimate of drug-likeness (QED) is 0.708. The number of halogens is 1. The molecule has 6 heteroatoms. The average Bonchev–Trinajstić information content (AvgIpc) is 1.94. The molecular weight excluding hydrogens is 216 g/mol. The predicted molar refractivity (Wildman–Crippen MR) is 47.7 cm³/mol. The first-order chi connectivity index (χ1) is 5.82. The maximum Gasteiger partial charge on any atom is 0.296 e. The third-order valence-corrected chi connectivity index (χ3v) is 2.85. The Morgan fingerprint density at radius 3 is 2.38 bits per heavy atom. The van der Waals surface area contributed by atoms with Gasteiger partial charge in [0.25, 0.3) is 10.1 Å². The Hall–Kier alpha value is -0.780. The van der Waals surface area contributed by atoms with Crippen molar-refractivity contribution < 1.29 is 18.1 Å². The normalized spacial score (nSPS) is 11.6. The minimum atomic E-state index is -4.36. The minimum absolute atomic E-state index is 0.113. The van der Waals surface area contributed by atoms with E-state index in [1.54, 1.807) is 6.92 Å². The van der Waals surface area contributed by atoms with Gasteiger partial charge in [-0.25, -0.2) is 0 Å². The number of aryl methyl sites for hydroxylation is 1. The van der Waals surface area contributed by atoms with Crippen molar-refractivity contribution in [2.24, 2.45) is 0 Å². The lowest BCUT2D eigenvalue weighted by atomic mass is 10.2. The first-order valence-corrected chi connectivity index (χ1v) is 5.11. The Kier molecular flexibility index (Phi) is 2.51. The molecule has 0 bridgehead atoms. The number of phenols is 1. The van der Waals surface area contributed by atoms with Crippen molar-refractivity contribution in [2.45, 2.75) is 11.8 Å². The zero-order valence-corrected chi connectivity index (χ0v) is 8.22. The van der Waals surface area contributed by atoms with Crippen LogP contribution in [0.2, 0.25) is 5.02 Å². The second-order valence-corrected chi connectivity index (χ2v) is 4.34. The molecular formula is C7H7ClO4S. The van der Waals surface area contributed by atoms with Gasteiger partial charge in [0.1, 0.15) is 10.6 Å². The zero-order valence-electron chi connectivity index (χ0n) is 6.65. The molecule has 0 unspecified atom stereocenters. The van der Waals surface area contributed by atoms with Crippen LogP contribution in [0.25, 0.3) is 0 Å². The van der Waals surface area contributed by atoms with E-state index in [0.717, 1.165) is 6.07 Å². The van der Waals surface area contributed by atoms with Crippen LogP contribution in [-0.2, 0) is 10.1 Å². The Morgan fingerprint density at radius 1 is 1.38 bits per heavy atom. The van der Waals surface area contributed by atoms with Crippen molar-refractivity contribution >= 4 is 21.7 Å². The highest BCUT2D eigenvalue weighted by molar-refractivity contribution is 7.86. The van der Waals surface area contributed by atoms with E-state index in [2.05, 4.69) is 0 Å². The van der Waals surface area contributed by atoms with Gasteiger partial charge in [-0.1, -0.05) is 11.6 Å². The number of rotatable bonds is 1. The van der Waals surface area contributed by atoms with E-state index in [9.17, 15) is 8.42 Å². The van der Waals surface area contributed by atoms with Gasteiger partial charge in [0.2, 0.25) is 0 Å². The molecule has 1 aromatic carbocycles. The standard InChI is InChI=1S/C7H7ClO4S/c1-4-2-5(8)7(3-6(4)9)13(10,11)12/h2-3,9H,1H3,(H,10,11,12). The predicted octanol–water partition coefficient (Wildman–Crippen LogP) is 1.60. The second-order valence-electron chi connectivity index (χ2n) is 2.54. The van der Waals surface area contributed by atoms with Crippen LogP contribution >= 0.6 is 11.6 Å². The highest BCUT2D eigenvalue weighted by Crippen LogP contribution is 2.28. The molecule has 0 radical (unpaired) electrons. The van der Waals surface area contributed by atoms with Crippen molar-refractivity contribution in [1.82, 2.24) is 0 Å². The number of hydrogen-bond donors (Lipinski definition) is 2. The fraction of sp³-hybridized carbons (Fsp3) is 0.143. The van der Waals surface area contributed by atoms with E-state index < -0.39 is 15.0 Å². The molecule has 0 aliphatic carbocycles. The molecule has 0 aliphatic rings. The molecule has 0 aromatic heterocycles. The number of hydrogen-bond acceptors (Lipinski definition) is 3. The van der Waals surface area contributed by atoms with Crippen molar-refractivity contribution in [3.05, 3.63) is 22.7 Å². The maximum atomic E-state index is 10.7. The van der Waals surface area contributed by atoms with E-state index in [0.29, 0.717) is 5.56 Å². The number of aromatic hydroxyl groups is 1. The fourth-order valence-corrected chi connectivity index (χ4v) is 1.92. The molecule has 1 aromatic rings. The molecule has 2 N–H and O–H groups in total. The number of phenolic OH excluding ortho intramolecular Hbond substituents is 1. The second kappa shape index (κ2) is 3.17. The van der Waals surface area contributed by atoms with Crippen LogP contribution in [0.15, 0.2) is 17.0 Å². The van der Waals surface area contributed by atoms with Gasteiger partial charge in [0.15, 0.2) is 0 Å². The summed E-state index contributed by atoms with van der Waals surface area (Å²) in [6, 6.07) is 2.17. The summed E-state index contributed by atoms with van der Waals surface area (Å²) in [7, 11) is -4.36. The van der Waals surface area contributed by atoms with Crippen LogP contribution in [0.1, 0.15) is 5.56 Å². The van der Waals surface area contributed by atoms with E-state index in [1.165, 1.54) is 6.07 Å². The molecule has 0 spiro atoms. The van der Waals surface area contributed by atoms with Crippen LogP contribution in [0, 0.1) is 6.92 Å². The van der Waals surface area contributed by atoms with Gasteiger partial charge in [-0.2, -0.15) is 8.42 Å². The summed E-state index contributed by atoms with van der Waals surface area (Å²) in [6.07, 6.45) is 0. The third kappa shape index (κ3) is 2.12. The number of benzene rings is 1. The summed E-state index contributed by atoms with van der Waals surface area (Å²) in [5.41, 5.74) is 0.442. The summed E-state index contributed by atoms with van der Waals surface area (Å²) in [5.74, 6) is -0.225. The molecule has 0 atom stereocenters. The molecule has 1 rings (SSSR count). The lowest BCUT2D eigenvalue weighted by molar-refractivity contribution is 0.463. The van der Waals surface area contributed by atoms with E-state index in [4.69, 9.17) is 21.3 Å². The Bertz CT molecular complexity index is 438. The summed E-state index contributed by atoms with van der Waals surface area (Å²) in [5, 5.41) is 9.04. The Labute approximate surface area is 80.5 Å². The Balaban J connectivity index is 3.50. The van der Waals surface area contributed by atoms with Gasteiger partial charge in [-0.3, -0.25) is 4.55 Å². The molecule has 13 heavy (non-hydrogen) atoms. The van der Waals surface area contributed by atoms with E-state index >= 15 is 0 Å². The fourth-order valence-electron chi connectivity index (χ4n) is 0.840. The maximum absolute atomic E-state index is 10.7. The van der Waals surface area contributed by atoms with E-state index in [1.807, 2.05) is 0 Å². The van der Waals surface area contributed by atoms with Gasteiger partial charge >= 0.3 is 0 Å². The van der Waals surface area contributed by atoms with Crippen LogP contribution in [0.3, 0.4) is 0 Å². The molecule has 0 saturated heterocycles. The van der Waals surface area contributed by atoms with Gasteiger partial charge < -0.3 is 5.11 Å². The van der Waals surface area contributed by atoms with Gasteiger partial charge in [0.05, 0.1) is 5.02 Å². The van der Waals surface area contributed by atoms with E-state index in [-0.39, 0.29) is 10.8 Å². The summed E-state index contributed by atoms with van der Waals surface area (Å²) in [6.45, 7) is 1.56. The van der Waals surface area contributed by atoms with Crippen molar-refractivity contribution in [1.29, 1.82) is 0 Å². The SMILES string of the molecule is Cc1cc(Cl)c(S(=O)(=O)O)cc1O. The smallest absolute Gasteiger partial charge is 0.296 e. The first kappa shape index (κ1) is 10.3. The molecule has 0 aliphatic heterocycles. The lowest BCUT2D eigenvalue weighted by Crippen LogP contribution is -1.99. The highest BCUT2D eigenvalue weighted by Gasteiger charge is 2.16. The van der Waals surface area contributed by atoms with Crippen LogP contribution in [0.5, 0.6) is 5.75 Å². The van der Waals surface area contributed by atoms with Crippen LogP contribution in [0.4, 0.5) is 0 Å². The lowest BCUT2D eigenvalue weighted by Gasteiger charge is -2.03. The molecule has 4 nitrogen and oxygen atoms in total. The summed E-state index contributed by atoms with van der Waals surface area (Å²) < 4.78 is 30.0. The third-order valence-electron chi connectivity index (χ3n) is 1.53. The molecule has 0 fully saturated rings. The molecule has 0 saturated carbocycles. The van der Waals surface area contributed by atoms with Crippen molar-refractivity contribution in [3.8, 4) is 5.75 Å². The van der Waals surface area contributed by atoms with Gasteiger partial charge in [-0.15, -0.1) is 0 Å².